The second kappa shape index (κ2) is 9.82. The summed E-state index contributed by atoms with van der Waals surface area (Å²) in [6, 6.07) is 14.8. The first-order valence-electron chi connectivity index (χ1n) is 10.2. The lowest BCUT2D eigenvalue weighted by Gasteiger charge is -2.25. The normalized spacial score (nSPS) is 14.5. The number of nitrogen functional groups attached to an aromatic ring is 1. The van der Waals surface area contributed by atoms with Gasteiger partial charge >= 0.3 is 0 Å². The van der Waals surface area contributed by atoms with Gasteiger partial charge in [0, 0.05) is 12.7 Å². The van der Waals surface area contributed by atoms with Crippen LogP contribution in [-0.4, -0.2) is 57.5 Å². The number of carbonyl (C=O) groups is 2. The first kappa shape index (κ1) is 22.5. The molecule has 3 aromatic rings. The van der Waals surface area contributed by atoms with Crippen LogP contribution < -0.4 is 20.6 Å². The van der Waals surface area contributed by atoms with Crippen LogP contribution in [0.3, 0.4) is 0 Å². The highest BCUT2D eigenvalue weighted by atomic mass is 32.2. The lowest BCUT2D eigenvalue weighted by molar-refractivity contribution is -0.131. The fraction of sp³-hybridized carbons (Fsp3) is 0.273. The second-order valence-corrected chi connectivity index (χ2v) is 8.47. The molecular formula is C22H24N6O4S. The summed E-state index contributed by atoms with van der Waals surface area (Å²) in [5.74, 6) is 7.33. The summed E-state index contributed by atoms with van der Waals surface area (Å²) < 4.78 is 12.9. The van der Waals surface area contributed by atoms with Gasteiger partial charge in [0.1, 0.15) is 6.61 Å². The van der Waals surface area contributed by atoms with E-state index in [0.717, 1.165) is 17.3 Å². The van der Waals surface area contributed by atoms with Crippen molar-refractivity contribution >= 4 is 29.3 Å². The van der Waals surface area contributed by atoms with Crippen molar-refractivity contribution in [1.82, 2.24) is 19.8 Å². The van der Waals surface area contributed by atoms with E-state index in [1.54, 1.807) is 13.1 Å². The third-order valence-electron chi connectivity index (χ3n) is 4.95. The molecule has 2 amide bonds. The van der Waals surface area contributed by atoms with Crippen LogP contribution >= 0.6 is 11.8 Å². The van der Waals surface area contributed by atoms with Crippen LogP contribution in [0.4, 0.5) is 5.69 Å². The van der Waals surface area contributed by atoms with Gasteiger partial charge in [0.25, 0.3) is 0 Å². The molecule has 1 aromatic heterocycles. The smallest absolute Gasteiger partial charge is 0.243 e. The molecule has 0 aliphatic carbocycles. The monoisotopic (exact) mass is 468 g/mol. The zero-order chi connectivity index (χ0) is 23.4. The fourth-order valence-electron chi connectivity index (χ4n) is 3.13. The van der Waals surface area contributed by atoms with Crippen molar-refractivity contribution in [1.29, 1.82) is 0 Å². The minimum Gasteiger partial charge on any atom is -0.485 e. The zero-order valence-electron chi connectivity index (χ0n) is 18.2. The molecule has 33 heavy (non-hydrogen) atoms. The quantitative estimate of drug-likeness (QED) is 0.399. The zero-order valence-corrected chi connectivity index (χ0v) is 19.0. The summed E-state index contributed by atoms with van der Waals surface area (Å²) >= 11 is 1.13. The fourth-order valence-corrected chi connectivity index (χ4v) is 3.93. The van der Waals surface area contributed by atoms with E-state index >= 15 is 0 Å². The second-order valence-electron chi connectivity index (χ2n) is 7.53. The molecule has 0 bridgehead atoms. The Morgan fingerprint density at radius 1 is 1.18 bits per heavy atom. The number of fused-ring (bicyclic) bond motifs is 1. The van der Waals surface area contributed by atoms with Crippen LogP contribution in [0.1, 0.15) is 17.5 Å². The highest BCUT2D eigenvalue weighted by Crippen LogP contribution is 2.35. The molecule has 0 saturated heterocycles. The third-order valence-corrected chi connectivity index (χ3v) is 5.88. The Labute approximate surface area is 195 Å². The maximum atomic E-state index is 12.5. The molecule has 0 unspecified atom stereocenters. The average molecular weight is 469 g/mol. The molecule has 1 atom stereocenters. The number of aromatic nitrogens is 3. The maximum absolute atomic E-state index is 12.5. The van der Waals surface area contributed by atoms with Crippen molar-refractivity contribution in [2.75, 3.05) is 37.1 Å². The van der Waals surface area contributed by atoms with Gasteiger partial charge in [0.05, 0.1) is 12.3 Å². The molecule has 2 aromatic carbocycles. The number of carbonyl (C=O) groups excluding carboxylic acids is 2. The van der Waals surface area contributed by atoms with E-state index < -0.39 is 6.10 Å². The molecule has 0 fully saturated rings. The number of nitrogens with two attached hydrogens (primary N) is 1. The van der Waals surface area contributed by atoms with E-state index in [0.29, 0.717) is 28.2 Å². The number of hydrogen-bond acceptors (Lipinski definition) is 8. The highest BCUT2D eigenvalue weighted by molar-refractivity contribution is 7.99. The van der Waals surface area contributed by atoms with Crippen LogP contribution in [0.25, 0.3) is 0 Å². The topological polar surface area (TPSA) is 125 Å². The first-order valence-corrected chi connectivity index (χ1v) is 11.2. The van der Waals surface area contributed by atoms with Gasteiger partial charge in [-0.25, -0.2) is 4.68 Å². The summed E-state index contributed by atoms with van der Waals surface area (Å²) in [6.07, 6.45) is -0.518. The number of thioether (sulfide) groups is 1. The molecular weight excluding hydrogens is 444 g/mol. The Balaban J connectivity index is 1.29. The van der Waals surface area contributed by atoms with Crippen molar-refractivity contribution in [3.05, 3.63) is 59.9 Å². The van der Waals surface area contributed by atoms with Gasteiger partial charge in [-0.1, -0.05) is 41.6 Å². The van der Waals surface area contributed by atoms with E-state index in [4.69, 9.17) is 15.3 Å². The number of hydrogen-bond donors (Lipinski definition) is 2. The van der Waals surface area contributed by atoms with Gasteiger partial charge < -0.3 is 25.5 Å². The number of aryl methyl sites for hydroxylation is 1. The van der Waals surface area contributed by atoms with Gasteiger partial charge in [-0.05, 0) is 31.2 Å². The number of amides is 2. The minimum atomic E-state index is -0.518. The van der Waals surface area contributed by atoms with Crippen molar-refractivity contribution in [3.63, 3.8) is 0 Å². The van der Waals surface area contributed by atoms with E-state index in [9.17, 15) is 9.59 Å². The number of nitrogens with zero attached hydrogens (tertiary/aromatic N) is 4. The van der Waals surface area contributed by atoms with Crippen LogP contribution in [0.15, 0.2) is 53.7 Å². The van der Waals surface area contributed by atoms with Gasteiger partial charge in [0.2, 0.25) is 17.0 Å². The van der Waals surface area contributed by atoms with Crippen LogP contribution in [0, 0.1) is 6.92 Å². The van der Waals surface area contributed by atoms with Crippen LogP contribution in [0.2, 0.25) is 0 Å². The molecule has 172 valence electrons. The largest absolute Gasteiger partial charge is 0.485 e. The minimum absolute atomic E-state index is 0.0501. The number of nitrogens with one attached hydrogen (secondary N) is 1. The predicted octanol–water partition coefficient (Wildman–Crippen LogP) is 2.00. The average Bonchev–Trinajstić information content (AvgIpc) is 3.18. The molecule has 0 saturated carbocycles. The molecule has 1 aliphatic heterocycles. The molecule has 1 aliphatic rings. The molecule has 10 nitrogen and oxygen atoms in total. The van der Waals surface area contributed by atoms with E-state index in [1.165, 1.54) is 9.58 Å². The Kier molecular flexibility index (Phi) is 6.68. The Bertz CT molecular complexity index is 1150. The van der Waals surface area contributed by atoms with Gasteiger partial charge in [0.15, 0.2) is 23.4 Å². The number of rotatable bonds is 7. The lowest BCUT2D eigenvalue weighted by atomic mass is 10.2. The van der Waals surface area contributed by atoms with Crippen molar-refractivity contribution in [2.24, 2.45) is 0 Å². The summed E-state index contributed by atoms with van der Waals surface area (Å²) in [5, 5.41) is 11.3. The third kappa shape index (κ3) is 5.37. The first-order chi connectivity index (χ1) is 15.9. The van der Waals surface area contributed by atoms with Gasteiger partial charge in [-0.2, -0.15) is 0 Å². The number of benzene rings is 2. The van der Waals surface area contributed by atoms with Gasteiger partial charge in [-0.3, -0.25) is 9.59 Å². The molecule has 0 spiro atoms. The maximum Gasteiger partial charge on any atom is 0.243 e. The Hall–Kier alpha value is -3.73. The molecule has 0 radical (unpaired) electrons. The van der Waals surface area contributed by atoms with E-state index in [1.807, 2.05) is 49.4 Å². The van der Waals surface area contributed by atoms with Crippen molar-refractivity contribution < 1.29 is 19.1 Å². The highest BCUT2D eigenvalue weighted by Gasteiger charge is 2.28. The number of ether oxygens (including phenoxy) is 2. The molecule has 2 heterocycles. The van der Waals surface area contributed by atoms with Crippen molar-refractivity contribution in [2.45, 2.75) is 18.2 Å². The molecule has 3 N–H and O–H groups in total. The summed E-state index contributed by atoms with van der Waals surface area (Å²) in [5.41, 5.74) is 1.78. The SMILES string of the molecule is Cc1ccc(NC(=O)CN(C)C(=O)CSc2nnc([C@H]3COc4ccccc4O3)n2N)cc1. The summed E-state index contributed by atoms with van der Waals surface area (Å²) in [6.45, 7) is 2.14. The molecule has 11 heteroatoms. The number of likely N-dealkylation sites (N-methyl/N-ethyl adjacent to an activating group) is 1. The number of para-hydroxylation sites is 2. The Morgan fingerprint density at radius 3 is 2.67 bits per heavy atom. The Morgan fingerprint density at radius 2 is 1.91 bits per heavy atom. The lowest BCUT2D eigenvalue weighted by Crippen LogP contribution is -2.36. The van der Waals surface area contributed by atoms with Crippen molar-refractivity contribution in [3.8, 4) is 11.5 Å². The van der Waals surface area contributed by atoms with Crippen LogP contribution in [-0.2, 0) is 9.59 Å². The van der Waals surface area contributed by atoms with E-state index in [2.05, 4.69) is 15.5 Å². The summed E-state index contributed by atoms with van der Waals surface area (Å²) in [4.78, 5) is 26.1. The van der Waals surface area contributed by atoms with E-state index in [-0.39, 0.29) is 30.7 Å². The van der Waals surface area contributed by atoms with Gasteiger partial charge in [-0.15, -0.1) is 10.2 Å². The molecule has 4 rings (SSSR count). The summed E-state index contributed by atoms with van der Waals surface area (Å²) in [7, 11) is 1.57. The standard InChI is InChI=1S/C22H24N6O4S/c1-14-7-9-15(10-8-14)24-19(29)11-27(2)20(30)13-33-22-26-25-21(28(22)23)18-12-31-16-5-3-4-6-17(16)32-18/h3-10,18H,11-13,23H2,1-2H3,(H,24,29)/t18-/m1/s1. The van der Waals surface area contributed by atoms with Crippen LogP contribution in [0.5, 0.6) is 11.5 Å². The number of anilines is 1. The predicted molar refractivity (Wildman–Crippen MR) is 124 cm³/mol.